The number of fused-ring (bicyclic) bond motifs is 1. The van der Waals surface area contributed by atoms with Gasteiger partial charge in [0.15, 0.2) is 0 Å². The fraction of sp³-hybridized carbons (Fsp3) is 0.438. The van der Waals surface area contributed by atoms with Gasteiger partial charge in [-0.05, 0) is 31.2 Å². The molecule has 2 aromatic rings. The Morgan fingerprint density at radius 2 is 2.10 bits per heavy atom. The Morgan fingerprint density at radius 3 is 2.71 bits per heavy atom. The third kappa shape index (κ3) is 3.83. The van der Waals surface area contributed by atoms with E-state index in [1.807, 2.05) is 18.2 Å². The molecule has 21 heavy (non-hydrogen) atoms. The number of nitrogens with one attached hydrogen (secondary N) is 1. The van der Waals surface area contributed by atoms with Crippen LogP contribution in [-0.4, -0.2) is 30.6 Å². The van der Waals surface area contributed by atoms with Gasteiger partial charge in [-0.3, -0.25) is 0 Å². The third-order valence-corrected chi connectivity index (χ3v) is 3.36. The number of nitrogens with two attached hydrogens (primary N) is 1. The highest BCUT2D eigenvalue weighted by Gasteiger charge is 2.10. The van der Waals surface area contributed by atoms with Gasteiger partial charge in [-0.25, -0.2) is 10.8 Å². The Balaban J connectivity index is 2.34. The molecule has 0 saturated heterocycles. The molecule has 0 atom stereocenters. The minimum Gasteiger partial charge on any atom is -0.497 e. The highest BCUT2D eigenvalue weighted by molar-refractivity contribution is 5.83. The van der Waals surface area contributed by atoms with E-state index in [0.717, 1.165) is 35.3 Å². The molecular weight excluding hydrogens is 264 g/mol. The minimum absolute atomic E-state index is 0.627. The van der Waals surface area contributed by atoms with Gasteiger partial charge in [0.2, 0.25) is 0 Å². The van der Waals surface area contributed by atoms with E-state index in [0.29, 0.717) is 11.7 Å². The molecule has 1 aromatic heterocycles. The van der Waals surface area contributed by atoms with Crippen molar-refractivity contribution in [2.24, 2.45) is 11.8 Å². The topological polar surface area (TPSA) is 63.4 Å². The van der Waals surface area contributed by atoms with Crippen LogP contribution in [0.3, 0.4) is 0 Å². The summed E-state index contributed by atoms with van der Waals surface area (Å²) in [6, 6.07) is 8.01. The van der Waals surface area contributed by atoms with Crippen molar-refractivity contribution in [1.82, 2.24) is 9.88 Å². The van der Waals surface area contributed by atoms with Gasteiger partial charge < -0.3 is 15.1 Å². The third-order valence-electron chi connectivity index (χ3n) is 3.36. The molecule has 5 heteroatoms. The van der Waals surface area contributed by atoms with E-state index >= 15 is 0 Å². The maximum atomic E-state index is 5.63. The van der Waals surface area contributed by atoms with Gasteiger partial charge in [-0.2, -0.15) is 0 Å². The van der Waals surface area contributed by atoms with E-state index in [4.69, 9.17) is 10.6 Å². The summed E-state index contributed by atoms with van der Waals surface area (Å²) in [5, 5.41) is 1.09. The molecule has 2 rings (SSSR count). The first kappa shape index (κ1) is 15.5. The molecule has 0 amide bonds. The SMILES string of the molecule is COc1ccc2cc(CN(C)CC(C)C)c(NN)nc2c1. The van der Waals surface area contributed by atoms with Crippen LogP contribution < -0.4 is 16.0 Å². The van der Waals surface area contributed by atoms with Crippen molar-refractivity contribution >= 4 is 16.7 Å². The largest absolute Gasteiger partial charge is 0.497 e. The van der Waals surface area contributed by atoms with E-state index in [1.165, 1.54) is 0 Å². The van der Waals surface area contributed by atoms with Crippen LogP contribution in [0.15, 0.2) is 24.3 Å². The van der Waals surface area contributed by atoms with Gasteiger partial charge in [0, 0.05) is 30.1 Å². The second kappa shape index (κ2) is 6.74. The number of methoxy groups -OCH3 is 1. The molecule has 0 aliphatic rings. The summed E-state index contributed by atoms with van der Waals surface area (Å²) in [5.41, 5.74) is 4.67. The van der Waals surface area contributed by atoms with Crippen molar-refractivity contribution in [2.75, 3.05) is 26.1 Å². The predicted molar refractivity (Wildman–Crippen MR) is 87.3 cm³/mol. The van der Waals surface area contributed by atoms with Gasteiger partial charge in [-0.1, -0.05) is 13.8 Å². The highest BCUT2D eigenvalue weighted by Crippen LogP contribution is 2.24. The Morgan fingerprint density at radius 1 is 1.33 bits per heavy atom. The average Bonchev–Trinajstić information content (AvgIpc) is 2.45. The maximum absolute atomic E-state index is 5.63. The predicted octanol–water partition coefficient (Wildman–Crippen LogP) is 2.62. The summed E-state index contributed by atoms with van der Waals surface area (Å²) in [5.74, 6) is 7.76. The van der Waals surface area contributed by atoms with Crippen LogP contribution in [0, 0.1) is 5.92 Å². The molecular formula is C16H24N4O. The van der Waals surface area contributed by atoms with E-state index < -0.39 is 0 Å². The maximum Gasteiger partial charge on any atom is 0.145 e. The first-order chi connectivity index (χ1) is 10.0. The Bertz CT molecular complexity index is 612. The summed E-state index contributed by atoms with van der Waals surface area (Å²) in [6.45, 7) is 6.27. The molecule has 114 valence electrons. The number of hydrazine groups is 1. The van der Waals surface area contributed by atoms with Crippen LogP contribution in [0.5, 0.6) is 5.75 Å². The normalized spacial score (nSPS) is 11.4. The van der Waals surface area contributed by atoms with Crippen molar-refractivity contribution in [2.45, 2.75) is 20.4 Å². The molecule has 0 spiro atoms. The van der Waals surface area contributed by atoms with E-state index in [1.54, 1.807) is 7.11 Å². The van der Waals surface area contributed by atoms with Gasteiger partial charge in [-0.15, -0.1) is 0 Å². The van der Waals surface area contributed by atoms with E-state index in [2.05, 4.69) is 42.3 Å². The van der Waals surface area contributed by atoms with Crippen LogP contribution in [0.4, 0.5) is 5.82 Å². The number of benzene rings is 1. The molecule has 0 bridgehead atoms. The average molecular weight is 288 g/mol. The zero-order valence-corrected chi connectivity index (χ0v) is 13.2. The van der Waals surface area contributed by atoms with Gasteiger partial charge >= 0.3 is 0 Å². The lowest BCUT2D eigenvalue weighted by atomic mass is 10.1. The smallest absolute Gasteiger partial charge is 0.145 e. The second-order valence-corrected chi connectivity index (χ2v) is 5.79. The van der Waals surface area contributed by atoms with E-state index in [-0.39, 0.29) is 0 Å². The lowest BCUT2D eigenvalue weighted by Crippen LogP contribution is -2.24. The summed E-state index contributed by atoms with van der Waals surface area (Å²) in [4.78, 5) is 6.87. The molecule has 0 unspecified atom stereocenters. The van der Waals surface area contributed by atoms with E-state index in [9.17, 15) is 0 Å². The van der Waals surface area contributed by atoms with Gasteiger partial charge in [0.1, 0.15) is 11.6 Å². The number of nitrogen functional groups attached to an aromatic ring is 1. The molecule has 0 fully saturated rings. The van der Waals surface area contributed by atoms with Crippen LogP contribution in [0.1, 0.15) is 19.4 Å². The molecule has 0 radical (unpaired) electrons. The zero-order valence-electron chi connectivity index (χ0n) is 13.2. The molecule has 0 aliphatic carbocycles. The van der Waals surface area contributed by atoms with Crippen molar-refractivity contribution < 1.29 is 4.74 Å². The molecule has 1 heterocycles. The zero-order chi connectivity index (χ0) is 15.4. The lowest BCUT2D eigenvalue weighted by Gasteiger charge is -2.20. The molecule has 5 nitrogen and oxygen atoms in total. The van der Waals surface area contributed by atoms with Crippen molar-refractivity contribution in [3.8, 4) is 5.75 Å². The Labute approximate surface area is 126 Å². The number of hydrogen-bond donors (Lipinski definition) is 2. The van der Waals surface area contributed by atoms with Crippen LogP contribution in [0.25, 0.3) is 10.9 Å². The fourth-order valence-corrected chi connectivity index (χ4v) is 2.54. The molecule has 3 N–H and O–H groups in total. The monoisotopic (exact) mass is 288 g/mol. The molecule has 0 aliphatic heterocycles. The fourth-order valence-electron chi connectivity index (χ4n) is 2.54. The van der Waals surface area contributed by atoms with Crippen LogP contribution >= 0.6 is 0 Å². The number of aromatic nitrogens is 1. The Hall–Kier alpha value is -1.85. The second-order valence-electron chi connectivity index (χ2n) is 5.79. The van der Waals surface area contributed by atoms with Gasteiger partial charge in [0.25, 0.3) is 0 Å². The van der Waals surface area contributed by atoms with Gasteiger partial charge in [0.05, 0.1) is 12.6 Å². The molecule has 0 saturated carbocycles. The summed E-state index contributed by atoms with van der Waals surface area (Å²) < 4.78 is 5.23. The highest BCUT2D eigenvalue weighted by atomic mass is 16.5. The number of rotatable bonds is 6. The van der Waals surface area contributed by atoms with Crippen LogP contribution in [0.2, 0.25) is 0 Å². The number of ether oxygens (including phenoxy) is 1. The van der Waals surface area contributed by atoms with Crippen molar-refractivity contribution in [3.63, 3.8) is 0 Å². The standard InChI is InChI=1S/C16H24N4O/c1-11(2)9-20(3)10-13-7-12-5-6-14(21-4)8-15(12)18-16(13)19-17/h5-8,11H,9-10,17H2,1-4H3,(H,18,19). The first-order valence-electron chi connectivity index (χ1n) is 7.16. The summed E-state index contributed by atoms with van der Waals surface area (Å²) >= 11 is 0. The quantitative estimate of drug-likeness (QED) is 0.632. The number of pyridine rings is 1. The van der Waals surface area contributed by atoms with Crippen molar-refractivity contribution in [1.29, 1.82) is 0 Å². The number of anilines is 1. The Kier molecular flexibility index (Phi) is 4.98. The van der Waals surface area contributed by atoms with Crippen LogP contribution in [-0.2, 0) is 6.54 Å². The lowest BCUT2D eigenvalue weighted by molar-refractivity contribution is 0.288. The summed E-state index contributed by atoms with van der Waals surface area (Å²) in [6.07, 6.45) is 0. The molecule has 1 aromatic carbocycles. The first-order valence-corrected chi connectivity index (χ1v) is 7.16. The number of nitrogens with zero attached hydrogens (tertiary/aromatic N) is 2. The minimum atomic E-state index is 0.627. The number of hydrogen-bond acceptors (Lipinski definition) is 5. The van der Waals surface area contributed by atoms with Crippen molar-refractivity contribution in [3.05, 3.63) is 29.8 Å². The summed E-state index contributed by atoms with van der Waals surface area (Å²) in [7, 11) is 3.76.